The number of hydrogen-bond donors (Lipinski definition) is 2. The predicted molar refractivity (Wildman–Crippen MR) is 75.1 cm³/mol. The Balaban J connectivity index is 1.78. The Morgan fingerprint density at radius 2 is 2.15 bits per heavy atom. The average Bonchev–Trinajstić information content (AvgIpc) is 2.91. The van der Waals surface area contributed by atoms with Crippen LogP contribution in [-0.4, -0.2) is 32.5 Å². The van der Waals surface area contributed by atoms with Gasteiger partial charge in [0.1, 0.15) is 5.56 Å². The molecular weight excluding hydrogens is 278 g/mol. The zero-order valence-corrected chi connectivity index (χ0v) is 11.6. The van der Waals surface area contributed by atoms with Gasteiger partial charge in [-0.3, -0.25) is 14.0 Å². The van der Waals surface area contributed by atoms with Gasteiger partial charge in [-0.05, 0) is 25.7 Å². The molecule has 20 heavy (non-hydrogen) atoms. The molecule has 0 atom stereocenters. The van der Waals surface area contributed by atoms with Crippen molar-refractivity contribution in [2.75, 3.05) is 0 Å². The lowest BCUT2D eigenvalue weighted by Crippen LogP contribution is -2.40. The number of rotatable bonds is 2. The molecule has 1 aliphatic carbocycles. The summed E-state index contributed by atoms with van der Waals surface area (Å²) in [5.41, 5.74) is -0.281. The third kappa shape index (κ3) is 2.46. The molecule has 0 unspecified atom stereocenters. The summed E-state index contributed by atoms with van der Waals surface area (Å²) in [5, 5.41) is 14.1. The van der Waals surface area contributed by atoms with Gasteiger partial charge in [-0.1, -0.05) is 0 Å². The maximum absolute atomic E-state index is 12.2. The molecule has 0 bridgehead atoms. The fraction of sp³-hybridized carbons (Fsp3) is 0.462. The molecule has 0 aliphatic heterocycles. The Morgan fingerprint density at radius 3 is 2.90 bits per heavy atom. The van der Waals surface area contributed by atoms with Crippen molar-refractivity contribution in [2.24, 2.45) is 0 Å². The molecule has 1 fully saturated rings. The van der Waals surface area contributed by atoms with Crippen LogP contribution in [0.3, 0.4) is 0 Å². The minimum atomic E-state index is -0.385. The third-order valence-corrected chi connectivity index (χ3v) is 4.39. The van der Waals surface area contributed by atoms with Crippen LogP contribution in [0.1, 0.15) is 36.0 Å². The Kier molecular flexibility index (Phi) is 3.54. The van der Waals surface area contributed by atoms with Crippen molar-refractivity contribution in [2.45, 2.75) is 37.8 Å². The molecular formula is C13H15N3O3S. The summed E-state index contributed by atoms with van der Waals surface area (Å²) in [6.45, 7) is 0. The number of carbonyl (C=O) groups is 1. The number of hydrogen-bond acceptors (Lipinski definition) is 5. The topological polar surface area (TPSA) is 83.7 Å². The molecule has 0 saturated heterocycles. The van der Waals surface area contributed by atoms with E-state index in [1.165, 1.54) is 21.9 Å². The van der Waals surface area contributed by atoms with E-state index in [0.717, 1.165) is 12.8 Å². The number of aliphatic hydroxyl groups excluding tert-OH is 1. The lowest BCUT2D eigenvalue weighted by atomic mass is 9.93. The van der Waals surface area contributed by atoms with Gasteiger partial charge >= 0.3 is 0 Å². The van der Waals surface area contributed by atoms with Crippen LogP contribution in [0, 0.1) is 0 Å². The number of thiazole rings is 1. The number of amides is 1. The van der Waals surface area contributed by atoms with E-state index >= 15 is 0 Å². The summed E-state index contributed by atoms with van der Waals surface area (Å²) < 4.78 is 1.38. The Labute approximate surface area is 119 Å². The van der Waals surface area contributed by atoms with Crippen molar-refractivity contribution < 1.29 is 9.90 Å². The van der Waals surface area contributed by atoms with Crippen molar-refractivity contribution in [1.29, 1.82) is 0 Å². The number of aliphatic hydroxyl groups is 1. The van der Waals surface area contributed by atoms with E-state index in [1.807, 2.05) is 0 Å². The molecule has 0 spiro atoms. The lowest BCUT2D eigenvalue weighted by Gasteiger charge is -2.25. The second-order valence-electron chi connectivity index (χ2n) is 5.01. The zero-order valence-electron chi connectivity index (χ0n) is 10.8. The van der Waals surface area contributed by atoms with Gasteiger partial charge < -0.3 is 10.4 Å². The summed E-state index contributed by atoms with van der Waals surface area (Å²) in [5.74, 6) is -0.385. The van der Waals surface area contributed by atoms with Gasteiger partial charge in [0, 0.05) is 23.8 Å². The molecule has 3 rings (SSSR count). The van der Waals surface area contributed by atoms with Crippen LogP contribution >= 0.6 is 11.3 Å². The molecule has 6 nitrogen and oxygen atoms in total. The van der Waals surface area contributed by atoms with Crippen molar-refractivity contribution >= 4 is 22.2 Å². The normalized spacial score (nSPS) is 22.9. The van der Waals surface area contributed by atoms with Crippen LogP contribution < -0.4 is 10.9 Å². The lowest BCUT2D eigenvalue weighted by molar-refractivity contribution is 0.0866. The number of nitrogens with zero attached hydrogens (tertiary/aromatic N) is 2. The van der Waals surface area contributed by atoms with E-state index in [-0.39, 0.29) is 29.2 Å². The van der Waals surface area contributed by atoms with Gasteiger partial charge in [0.2, 0.25) is 0 Å². The minimum Gasteiger partial charge on any atom is -0.393 e. The molecule has 2 heterocycles. The van der Waals surface area contributed by atoms with E-state index in [0.29, 0.717) is 17.8 Å². The number of fused-ring (bicyclic) bond motifs is 1. The van der Waals surface area contributed by atoms with Crippen molar-refractivity contribution in [3.63, 3.8) is 0 Å². The standard InChI is InChI=1S/C13H15N3O3S/c17-9-3-1-8(2-4-9)15-11(18)10-7-14-13-16(12(10)19)5-6-20-13/h5-9,17H,1-4H2,(H,15,18). The van der Waals surface area contributed by atoms with Gasteiger partial charge in [0.05, 0.1) is 6.10 Å². The molecule has 1 saturated carbocycles. The maximum Gasteiger partial charge on any atom is 0.271 e. The molecule has 1 aliphatic rings. The van der Waals surface area contributed by atoms with Gasteiger partial charge in [-0.15, -0.1) is 11.3 Å². The highest BCUT2D eigenvalue weighted by Gasteiger charge is 2.22. The van der Waals surface area contributed by atoms with Gasteiger partial charge in [0.15, 0.2) is 4.96 Å². The molecule has 1 amide bonds. The maximum atomic E-state index is 12.2. The zero-order chi connectivity index (χ0) is 14.1. The molecule has 0 radical (unpaired) electrons. The first kappa shape index (κ1) is 13.3. The molecule has 7 heteroatoms. The molecule has 106 valence electrons. The van der Waals surface area contributed by atoms with Crippen LogP contribution in [-0.2, 0) is 0 Å². The number of nitrogens with one attached hydrogen (secondary N) is 1. The second kappa shape index (κ2) is 5.34. The van der Waals surface area contributed by atoms with Crippen LogP contribution in [0.25, 0.3) is 4.96 Å². The highest BCUT2D eigenvalue weighted by Crippen LogP contribution is 2.18. The van der Waals surface area contributed by atoms with Crippen LogP contribution in [0.5, 0.6) is 0 Å². The van der Waals surface area contributed by atoms with Crippen LogP contribution in [0.2, 0.25) is 0 Å². The van der Waals surface area contributed by atoms with Crippen LogP contribution in [0.15, 0.2) is 22.6 Å². The average molecular weight is 293 g/mol. The first-order valence-corrected chi connectivity index (χ1v) is 7.47. The Bertz CT molecular complexity index is 685. The highest BCUT2D eigenvalue weighted by atomic mass is 32.1. The van der Waals surface area contributed by atoms with E-state index in [2.05, 4.69) is 10.3 Å². The summed E-state index contributed by atoms with van der Waals surface area (Å²) in [7, 11) is 0. The number of aromatic nitrogens is 2. The Hall–Kier alpha value is -1.73. The quantitative estimate of drug-likeness (QED) is 0.857. The summed E-state index contributed by atoms with van der Waals surface area (Å²) in [6, 6.07) is 0.0217. The van der Waals surface area contributed by atoms with E-state index in [9.17, 15) is 14.7 Å². The van der Waals surface area contributed by atoms with Crippen molar-refractivity contribution in [1.82, 2.24) is 14.7 Å². The summed E-state index contributed by atoms with van der Waals surface area (Å²) in [4.78, 5) is 29.0. The largest absolute Gasteiger partial charge is 0.393 e. The molecule has 2 aromatic rings. The van der Waals surface area contributed by atoms with Crippen molar-refractivity contribution in [3.05, 3.63) is 33.7 Å². The predicted octanol–water partition coefficient (Wildman–Crippen LogP) is 0.789. The monoisotopic (exact) mass is 293 g/mol. The third-order valence-electron chi connectivity index (χ3n) is 3.62. The highest BCUT2D eigenvalue weighted by molar-refractivity contribution is 7.15. The fourth-order valence-corrected chi connectivity index (χ4v) is 3.14. The second-order valence-corrected chi connectivity index (χ2v) is 5.88. The van der Waals surface area contributed by atoms with Gasteiger partial charge in [0.25, 0.3) is 11.5 Å². The Morgan fingerprint density at radius 1 is 1.40 bits per heavy atom. The summed E-state index contributed by atoms with van der Waals surface area (Å²) in [6.07, 6.45) is 5.53. The first-order valence-electron chi connectivity index (χ1n) is 6.59. The fourth-order valence-electron chi connectivity index (χ4n) is 2.46. The summed E-state index contributed by atoms with van der Waals surface area (Å²) >= 11 is 1.35. The van der Waals surface area contributed by atoms with Crippen molar-refractivity contribution in [3.8, 4) is 0 Å². The first-order chi connectivity index (χ1) is 9.65. The van der Waals surface area contributed by atoms with Gasteiger partial charge in [-0.2, -0.15) is 0 Å². The molecule has 2 N–H and O–H groups in total. The minimum absolute atomic E-state index is 0.0217. The SMILES string of the molecule is O=C(NC1CCC(O)CC1)c1cnc2sccn2c1=O. The smallest absolute Gasteiger partial charge is 0.271 e. The molecule has 2 aromatic heterocycles. The number of carbonyl (C=O) groups excluding carboxylic acids is 1. The molecule has 0 aromatic carbocycles. The van der Waals surface area contributed by atoms with Crippen LogP contribution in [0.4, 0.5) is 0 Å². The van der Waals surface area contributed by atoms with E-state index in [1.54, 1.807) is 11.6 Å². The van der Waals surface area contributed by atoms with Gasteiger partial charge in [-0.25, -0.2) is 4.98 Å². The van der Waals surface area contributed by atoms with E-state index < -0.39 is 0 Å². The van der Waals surface area contributed by atoms with E-state index in [4.69, 9.17) is 0 Å².